The zero-order chi connectivity index (χ0) is 8.97. The number of rotatable bonds is 2. The first kappa shape index (κ1) is 12.7. The number of nitrogens with one attached hydrogen (secondary N) is 1. The smallest absolute Gasteiger partial charge is 0.246 e. The molecule has 1 heterocycles. The molecule has 1 saturated heterocycles. The largest absolute Gasteiger partial charge is 1.00 e. The maximum Gasteiger partial charge on any atom is 0.246 e. The molecule has 1 amide bonds. The Bertz CT molecular complexity index is 176. The summed E-state index contributed by atoms with van der Waals surface area (Å²) in [4.78, 5) is 14.6. The molecule has 4 heteroatoms. The predicted molar refractivity (Wildman–Crippen MR) is 48.0 cm³/mol. The van der Waals surface area contributed by atoms with Gasteiger partial charge in [-0.2, -0.15) is 0 Å². The van der Waals surface area contributed by atoms with Crippen molar-refractivity contribution in [1.82, 2.24) is 4.90 Å². The van der Waals surface area contributed by atoms with Crippen LogP contribution < -0.4 is 21.9 Å². The van der Waals surface area contributed by atoms with Crippen LogP contribution in [0.4, 0.5) is 0 Å². The van der Waals surface area contributed by atoms with E-state index in [2.05, 4.69) is 13.5 Å². The molecular formula is C9H17BrN2O. The molecule has 0 bridgehead atoms. The average Bonchev–Trinajstić information content (AvgIpc) is 2.17. The van der Waals surface area contributed by atoms with Gasteiger partial charge in [-0.05, 0) is 13.0 Å². The van der Waals surface area contributed by atoms with Gasteiger partial charge in [0, 0.05) is 0 Å². The molecule has 1 N–H and O–H groups in total. The first-order valence-electron chi connectivity index (χ1n) is 4.52. The van der Waals surface area contributed by atoms with Gasteiger partial charge in [-0.1, -0.05) is 6.58 Å². The molecule has 0 aromatic rings. The van der Waals surface area contributed by atoms with E-state index < -0.39 is 0 Å². The number of hydrogen-bond donors (Lipinski definition) is 1. The molecule has 76 valence electrons. The maximum atomic E-state index is 11.2. The van der Waals surface area contributed by atoms with E-state index in [0.717, 1.165) is 32.7 Å². The number of carbonyl (C=O) groups excluding carboxylic acids is 1. The summed E-state index contributed by atoms with van der Waals surface area (Å²) in [5.41, 5.74) is 0. The van der Waals surface area contributed by atoms with Crippen molar-refractivity contribution in [3.8, 4) is 0 Å². The summed E-state index contributed by atoms with van der Waals surface area (Å²) in [6.45, 7) is 10.7. The van der Waals surface area contributed by atoms with Crippen LogP contribution in [0, 0.1) is 0 Å². The zero-order valence-electron chi connectivity index (χ0n) is 8.05. The van der Waals surface area contributed by atoms with Crippen molar-refractivity contribution in [1.29, 1.82) is 0 Å². The highest BCUT2D eigenvalue weighted by Crippen LogP contribution is 1.90. The molecule has 1 aliphatic rings. The van der Waals surface area contributed by atoms with E-state index in [4.69, 9.17) is 0 Å². The van der Waals surface area contributed by atoms with Crippen LogP contribution in [-0.4, -0.2) is 43.5 Å². The van der Waals surface area contributed by atoms with Crippen molar-refractivity contribution >= 4 is 5.91 Å². The minimum Gasteiger partial charge on any atom is -1.00 e. The Morgan fingerprint density at radius 1 is 1.54 bits per heavy atom. The SMILES string of the molecule is C=CC(=O)N1CC[NH+](CC)CC1.[Br-]. The van der Waals surface area contributed by atoms with Crippen molar-refractivity contribution in [2.75, 3.05) is 32.7 Å². The molecule has 3 nitrogen and oxygen atoms in total. The fraction of sp³-hybridized carbons (Fsp3) is 0.667. The van der Waals surface area contributed by atoms with Gasteiger partial charge in [-0.3, -0.25) is 4.79 Å². The summed E-state index contributed by atoms with van der Waals surface area (Å²) >= 11 is 0. The highest BCUT2D eigenvalue weighted by Gasteiger charge is 2.20. The second-order valence-corrected chi connectivity index (χ2v) is 3.13. The van der Waals surface area contributed by atoms with Gasteiger partial charge in [-0.15, -0.1) is 0 Å². The number of hydrogen-bond acceptors (Lipinski definition) is 1. The minimum atomic E-state index is 0. The van der Waals surface area contributed by atoms with Gasteiger partial charge in [0.15, 0.2) is 0 Å². The normalized spacial score (nSPS) is 17.8. The van der Waals surface area contributed by atoms with Crippen molar-refractivity contribution < 1.29 is 26.7 Å². The fourth-order valence-corrected chi connectivity index (χ4v) is 1.53. The first-order chi connectivity index (χ1) is 5.77. The summed E-state index contributed by atoms with van der Waals surface area (Å²) in [5.74, 6) is 0.0742. The molecule has 1 fully saturated rings. The topological polar surface area (TPSA) is 24.8 Å². The van der Waals surface area contributed by atoms with E-state index in [1.807, 2.05) is 4.90 Å². The highest BCUT2D eigenvalue weighted by molar-refractivity contribution is 5.86. The summed E-state index contributed by atoms with van der Waals surface area (Å²) in [7, 11) is 0. The highest BCUT2D eigenvalue weighted by atomic mass is 79.9. The Morgan fingerprint density at radius 3 is 2.46 bits per heavy atom. The molecule has 1 aliphatic heterocycles. The summed E-state index contributed by atoms with van der Waals surface area (Å²) in [6.07, 6.45) is 1.40. The minimum absolute atomic E-state index is 0. The van der Waals surface area contributed by atoms with Crippen LogP contribution in [0.2, 0.25) is 0 Å². The molecule has 0 spiro atoms. The molecule has 0 aromatic carbocycles. The van der Waals surface area contributed by atoms with Gasteiger partial charge in [0.05, 0.1) is 32.7 Å². The van der Waals surface area contributed by atoms with E-state index in [-0.39, 0.29) is 22.9 Å². The number of halogens is 1. The van der Waals surface area contributed by atoms with Gasteiger partial charge in [-0.25, -0.2) is 0 Å². The van der Waals surface area contributed by atoms with Crippen LogP contribution >= 0.6 is 0 Å². The Balaban J connectivity index is 0.00000144. The molecule has 0 aliphatic carbocycles. The van der Waals surface area contributed by atoms with E-state index in [0.29, 0.717) is 0 Å². The van der Waals surface area contributed by atoms with Crippen molar-refractivity contribution in [3.63, 3.8) is 0 Å². The standard InChI is InChI=1S/C9H16N2O.BrH/c1-3-9(12)11-7-5-10(4-2)6-8-11;/h3H,1,4-8H2,2H3;1H. The molecule has 0 saturated carbocycles. The van der Waals surface area contributed by atoms with Gasteiger partial charge in [0.25, 0.3) is 0 Å². The van der Waals surface area contributed by atoms with Crippen LogP contribution in [0.5, 0.6) is 0 Å². The Morgan fingerprint density at radius 2 is 2.08 bits per heavy atom. The second-order valence-electron chi connectivity index (χ2n) is 3.13. The lowest BCUT2D eigenvalue weighted by Gasteiger charge is -2.30. The first-order valence-corrected chi connectivity index (χ1v) is 4.52. The van der Waals surface area contributed by atoms with Gasteiger partial charge in [0.2, 0.25) is 5.91 Å². The summed E-state index contributed by atoms with van der Waals surface area (Å²) in [6, 6.07) is 0. The number of nitrogens with zero attached hydrogens (tertiary/aromatic N) is 1. The molecule has 0 atom stereocenters. The fourth-order valence-electron chi connectivity index (χ4n) is 1.53. The van der Waals surface area contributed by atoms with E-state index >= 15 is 0 Å². The van der Waals surface area contributed by atoms with E-state index in [1.165, 1.54) is 6.08 Å². The van der Waals surface area contributed by atoms with Crippen LogP contribution in [0.25, 0.3) is 0 Å². The van der Waals surface area contributed by atoms with Gasteiger partial charge in [0.1, 0.15) is 0 Å². The Labute approximate surface area is 90.2 Å². The lowest BCUT2D eigenvalue weighted by molar-refractivity contribution is -0.902. The van der Waals surface area contributed by atoms with Crippen LogP contribution in [0.1, 0.15) is 6.92 Å². The van der Waals surface area contributed by atoms with Crippen molar-refractivity contribution in [3.05, 3.63) is 12.7 Å². The third-order valence-corrected chi connectivity index (χ3v) is 2.46. The quantitative estimate of drug-likeness (QED) is 0.495. The number of amides is 1. The van der Waals surface area contributed by atoms with Crippen LogP contribution in [0.15, 0.2) is 12.7 Å². The lowest BCUT2D eigenvalue weighted by Crippen LogP contribution is -3.14. The summed E-state index contributed by atoms with van der Waals surface area (Å²) < 4.78 is 0. The molecule has 0 radical (unpaired) electrons. The third-order valence-electron chi connectivity index (χ3n) is 2.46. The molecule has 13 heavy (non-hydrogen) atoms. The van der Waals surface area contributed by atoms with Gasteiger partial charge < -0.3 is 26.8 Å². The zero-order valence-corrected chi connectivity index (χ0v) is 9.64. The molecule has 0 aromatic heterocycles. The lowest BCUT2D eigenvalue weighted by atomic mass is 10.3. The maximum absolute atomic E-state index is 11.2. The van der Waals surface area contributed by atoms with E-state index in [1.54, 1.807) is 4.90 Å². The third kappa shape index (κ3) is 3.48. The summed E-state index contributed by atoms with van der Waals surface area (Å²) in [5, 5.41) is 0. The monoisotopic (exact) mass is 248 g/mol. The predicted octanol–water partition coefficient (Wildman–Crippen LogP) is -4.08. The number of carbonyl (C=O) groups is 1. The molecule has 0 unspecified atom stereocenters. The molecule has 1 rings (SSSR count). The second kappa shape index (κ2) is 6.16. The number of likely N-dealkylation sites (N-methyl/N-ethyl adjacent to an activating group) is 1. The molecular weight excluding hydrogens is 232 g/mol. The van der Waals surface area contributed by atoms with Crippen molar-refractivity contribution in [2.24, 2.45) is 0 Å². The van der Waals surface area contributed by atoms with Crippen molar-refractivity contribution in [2.45, 2.75) is 6.92 Å². The average molecular weight is 249 g/mol. The van der Waals surface area contributed by atoms with E-state index in [9.17, 15) is 4.79 Å². The number of quaternary nitrogens is 1. The number of piperazine rings is 1. The van der Waals surface area contributed by atoms with Crippen LogP contribution in [-0.2, 0) is 4.79 Å². The Hall–Kier alpha value is -0.350. The Kier molecular flexibility index (Phi) is 5.99. The van der Waals surface area contributed by atoms with Gasteiger partial charge >= 0.3 is 0 Å². The van der Waals surface area contributed by atoms with Crippen LogP contribution in [0.3, 0.4) is 0 Å².